The monoisotopic (exact) mass is 348 g/mol. The molecule has 0 aliphatic carbocycles. The van der Waals surface area contributed by atoms with E-state index in [0.29, 0.717) is 12.2 Å². The molecule has 1 unspecified atom stereocenters. The third-order valence-electron chi connectivity index (χ3n) is 3.57. The number of aliphatic hydroxyl groups excluding tert-OH is 1. The minimum Gasteiger partial charge on any atom is -0.461 e. The van der Waals surface area contributed by atoms with E-state index >= 15 is 0 Å². The minimum absolute atomic E-state index is 0.311. The molecule has 3 aromatic rings. The number of furan rings is 1. The third-order valence-corrected chi connectivity index (χ3v) is 4.35. The number of aryl methyl sites for hydroxylation is 1. The number of para-hydroxylation sites is 1. The minimum atomic E-state index is -0.744. The maximum Gasteiger partial charge on any atom is 0.134 e. The lowest BCUT2D eigenvalue weighted by atomic mass is 9.99. The summed E-state index contributed by atoms with van der Waals surface area (Å²) in [6, 6.07) is 12.1. The van der Waals surface area contributed by atoms with Crippen LogP contribution in [0, 0.1) is 12.7 Å². The number of hydrogen-bond donors (Lipinski definition) is 1. The van der Waals surface area contributed by atoms with Gasteiger partial charge in [0.1, 0.15) is 17.2 Å². The van der Waals surface area contributed by atoms with Crippen molar-refractivity contribution in [3.63, 3.8) is 0 Å². The molecule has 2 nitrogen and oxygen atoms in total. The molecule has 0 spiro atoms. The third kappa shape index (κ3) is 2.74. The van der Waals surface area contributed by atoms with Crippen LogP contribution in [0.1, 0.15) is 23.0 Å². The van der Waals surface area contributed by atoms with Crippen LogP contribution >= 0.6 is 15.9 Å². The molecule has 0 saturated carbocycles. The first-order valence-corrected chi connectivity index (χ1v) is 7.45. The molecule has 3 rings (SSSR count). The van der Waals surface area contributed by atoms with Crippen molar-refractivity contribution < 1.29 is 13.9 Å². The largest absolute Gasteiger partial charge is 0.461 e. The van der Waals surface area contributed by atoms with Crippen molar-refractivity contribution in [3.05, 3.63) is 69.6 Å². The number of halogens is 2. The maximum absolute atomic E-state index is 13.4. The summed E-state index contributed by atoms with van der Waals surface area (Å²) in [6.07, 6.45) is -0.422. The molecule has 0 fully saturated rings. The van der Waals surface area contributed by atoms with Crippen LogP contribution in [0.25, 0.3) is 11.0 Å². The number of rotatable bonds is 3. The Morgan fingerprint density at radius 1 is 1.24 bits per heavy atom. The first kappa shape index (κ1) is 14.3. The van der Waals surface area contributed by atoms with Crippen molar-refractivity contribution >= 4 is 26.9 Å². The fourth-order valence-corrected chi connectivity index (χ4v) is 3.02. The van der Waals surface area contributed by atoms with E-state index in [9.17, 15) is 9.50 Å². The van der Waals surface area contributed by atoms with Gasteiger partial charge in [-0.25, -0.2) is 4.39 Å². The normalized spacial score (nSPS) is 12.8. The smallest absolute Gasteiger partial charge is 0.134 e. The van der Waals surface area contributed by atoms with Crippen LogP contribution in [0.3, 0.4) is 0 Å². The number of fused-ring (bicyclic) bond motifs is 1. The first-order valence-electron chi connectivity index (χ1n) is 6.66. The topological polar surface area (TPSA) is 33.4 Å². The van der Waals surface area contributed by atoms with Gasteiger partial charge in [0, 0.05) is 21.8 Å². The molecular weight excluding hydrogens is 335 g/mol. The lowest BCUT2D eigenvalue weighted by Crippen LogP contribution is -2.03. The van der Waals surface area contributed by atoms with Crippen LogP contribution in [0.4, 0.5) is 4.39 Å². The molecule has 0 bridgehead atoms. The van der Waals surface area contributed by atoms with Gasteiger partial charge in [0.25, 0.3) is 0 Å². The molecule has 4 heteroatoms. The van der Waals surface area contributed by atoms with E-state index in [1.807, 2.05) is 31.2 Å². The molecule has 2 aromatic carbocycles. The Balaban J connectivity index is 1.99. The molecule has 0 aliphatic heterocycles. The van der Waals surface area contributed by atoms with E-state index in [2.05, 4.69) is 15.9 Å². The average Bonchev–Trinajstić information content (AvgIpc) is 2.78. The predicted molar refractivity (Wildman–Crippen MR) is 83.7 cm³/mol. The summed E-state index contributed by atoms with van der Waals surface area (Å²) in [5, 5.41) is 11.5. The van der Waals surface area contributed by atoms with Gasteiger partial charge in [-0.05, 0) is 36.8 Å². The van der Waals surface area contributed by atoms with Crippen molar-refractivity contribution in [2.45, 2.75) is 19.4 Å². The summed E-state index contributed by atoms with van der Waals surface area (Å²) in [5.74, 6) is 0.380. The van der Waals surface area contributed by atoms with Crippen LogP contribution in [0.5, 0.6) is 0 Å². The molecule has 1 atom stereocenters. The second kappa shape index (κ2) is 5.62. The van der Waals surface area contributed by atoms with Crippen molar-refractivity contribution in [2.75, 3.05) is 0 Å². The predicted octanol–water partition coefficient (Wildman–Crippen LogP) is 4.92. The van der Waals surface area contributed by atoms with Crippen molar-refractivity contribution in [3.8, 4) is 0 Å². The molecule has 1 heterocycles. The van der Waals surface area contributed by atoms with Gasteiger partial charge < -0.3 is 9.52 Å². The molecule has 0 saturated heterocycles. The van der Waals surface area contributed by atoms with Crippen LogP contribution in [0.2, 0.25) is 0 Å². The highest BCUT2D eigenvalue weighted by molar-refractivity contribution is 9.10. The number of benzene rings is 2. The summed E-state index contributed by atoms with van der Waals surface area (Å²) >= 11 is 3.39. The first-order chi connectivity index (χ1) is 10.1. The Hall–Kier alpha value is -1.65. The SMILES string of the molecule is Cc1oc2ccccc2c1C(O)Cc1cc(F)ccc1Br. The molecule has 0 amide bonds. The van der Waals surface area contributed by atoms with Gasteiger partial charge in [-0.15, -0.1) is 0 Å². The van der Waals surface area contributed by atoms with Gasteiger partial charge in [0.05, 0.1) is 6.10 Å². The number of hydrogen-bond acceptors (Lipinski definition) is 2. The molecular formula is C17H14BrFO2. The highest BCUT2D eigenvalue weighted by Crippen LogP contribution is 2.33. The second-order valence-corrected chi connectivity index (χ2v) is 5.88. The van der Waals surface area contributed by atoms with Crippen molar-refractivity contribution in [1.82, 2.24) is 0 Å². The van der Waals surface area contributed by atoms with Gasteiger partial charge in [-0.1, -0.05) is 34.1 Å². The van der Waals surface area contributed by atoms with E-state index in [1.54, 1.807) is 6.07 Å². The fourth-order valence-electron chi connectivity index (χ4n) is 2.61. The van der Waals surface area contributed by atoms with Gasteiger partial charge in [0.15, 0.2) is 0 Å². The zero-order valence-corrected chi connectivity index (χ0v) is 13.0. The summed E-state index contributed by atoms with van der Waals surface area (Å²) in [7, 11) is 0. The van der Waals surface area contributed by atoms with Crippen molar-refractivity contribution in [1.29, 1.82) is 0 Å². The lowest BCUT2D eigenvalue weighted by Gasteiger charge is -2.12. The Morgan fingerprint density at radius 3 is 2.81 bits per heavy atom. The highest BCUT2D eigenvalue weighted by atomic mass is 79.9. The van der Waals surface area contributed by atoms with Gasteiger partial charge in [-0.3, -0.25) is 0 Å². The summed E-state index contributed by atoms with van der Waals surface area (Å²) in [6.45, 7) is 1.83. The van der Waals surface area contributed by atoms with Crippen LogP contribution in [-0.2, 0) is 6.42 Å². The quantitative estimate of drug-likeness (QED) is 0.728. The zero-order valence-electron chi connectivity index (χ0n) is 11.4. The van der Waals surface area contributed by atoms with Gasteiger partial charge in [-0.2, -0.15) is 0 Å². The molecule has 1 aromatic heterocycles. The Labute approximate surface area is 130 Å². The van der Waals surface area contributed by atoms with Crippen molar-refractivity contribution in [2.24, 2.45) is 0 Å². The zero-order chi connectivity index (χ0) is 15.0. The molecule has 21 heavy (non-hydrogen) atoms. The highest BCUT2D eigenvalue weighted by Gasteiger charge is 2.19. The molecule has 108 valence electrons. The standard InChI is InChI=1S/C17H14BrFO2/c1-10-17(13-4-2-3-5-16(13)21-10)15(20)9-11-8-12(19)6-7-14(11)18/h2-8,15,20H,9H2,1H3. The Bertz CT molecular complexity index is 795. The fraction of sp³-hybridized carbons (Fsp3) is 0.176. The average molecular weight is 349 g/mol. The van der Waals surface area contributed by atoms with E-state index in [4.69, 9.17) is 4.42 Å². The van der Waals surface area contributed by atoms with E-state index in [1.165, 1.54) is 12.1 Å². The lowest BCUT2D eigenvalue weighted by molar-refractivity contribution is 0.177. The molecule has 0 aliphatic rings. The molecule has 1 N–H and O–H groups in total. The number of aliphatic hydroxyl groups is 1. The maximum atomic E-state index is 13.4. The van der Waals surface area contributed by atoms with Crippen LogP contribution in [-0.4, -0.2) is 5.11 Å². The Morgan fingerprint density at radius 2 is 2.00 bits per heavy atom. The second-order valence-electron chi connectivity index (χ2n) is 5.02. The van der Waals surface area contributed by atoms with Crippen LogP contribution in [0.15, 0.2) is 51.4 Å². The van der Waals surface area contributed by atoms with Gasteiger partial charge in [0.2, 0.25) is 0 Å². The van der Waals surface area contributed by atoms with E-state index < -0.39 is 6.10 Å². The van der Waals surface area contributed by atoms with Gasteiger partial charge >= 0.3 is 0 Å². The van der Waals surface area contributed by atoms with Crippen LogP contribution < -0.4 is 0 Å². The summed E-state index contributed by atoms with van der Waals surface area (Å²) in [5.41, 5.74) is 2.25. The van der Waals surface area contributed by atoms with E-state index in [-0.39, 0.29) is 5.82 Å². The summed E-state index contributed by atoms with van der Waals surface area (Å²) in [4.78, 5) is 0. The Kier molecular flexibility index (Phi) is 3.83. The van der Waals surface area contributed by atoms with E-state index in [0.717, 1.165) is 26.6 Å². The summed E-state index contributed by atoms with van der Waals surface area (Å²) < 4.78 is 19.8. The molecule has 0 radical (unpaired) electrons.